The number of aromatic nitrogens is 2. The van der Waals surface area contributed by atoms with Crippen molar-refractivity contribution in [1.29, 1.82) is 0 Å². The Morgan fingerprint density at radius 3 is 1.45 bits per heavy atom. The average Bonchev–Trinajstić information content (AvgIpc) is 3.78. The first-order valence-corrected chi connectivity index (χ1v) is 19.3. The van der Waals surface area contributed by atoms with Gasteiger partial charge in [0.05, 0.1) is 22.1 Å². The van der Waals surface area contributed by atoms with Gasteiger partial charge in [-0.3, -0.25) is 0 Å². The number of fused-ring (bicyclic) bond motifs is 11. The zero-order valence-corrected chi connectivity index (χ0v) is 30.5. The minimum atomic E-state index is 1.15. The van der Waals surface area contributed by atoms with Crippen LogP contribution in [0.1, 0.15) is 0 Å². The molecule has 12 aromatic rings. The summed E-state index contributed by atoms with van der Waals surface area (Å²) < 4.78 is 4.82. The van der Waals surface area contributed by atoms with E-state index < -0.39 is 0 Å². The van der Waals surface area contributed by atoms with E-state index in [0.29, 0.717) is 0 Å². The van der Waals surface area contributed by atoms with Gasteiger partial charge in [-0.05, 0) is 121 Å². The number of hydrogen-bond donors (Lipinski definition) is 0. The second kappa shape index (κ2) is 12.0. The zero-order chi connectivity index (χ0) is 36.7. The van der Waals surface area contributed by atoms with Crippen LogP contribution in [0.15, 0.2) is 206 Å². The van der Waals surface area contributed by atoms with Gasteiger partial charge >= 0.3 is 0 Å². The highest BCUT2D eigenvalue weighted by Crippen LogP contribution is 2.41. The SMILES string of the molecule is c1ccc(-n2c3ccccc3c3cc(-c4ccc5c(c4)c4ccccc4n5-c4cccc(-c5cc6c7ccccc7ccc6c6ccccc56)c4)ccc32)cc1. The van der Waals surface area contributed by atoms with Gasteiger partial charge in [0, 0.05) is 32.9 Å². The first-order valence-electron chi connectivity index (χ1n) is 19.3. The van der Waals surface area contributed by atoms with Crippen LogP contribution < -0.4 is 0 Å². The van der Waals surface area contributed by atoms with Crippen molar-refractivity contribution in [2.24, 2.45) is 0 Å². The normalized spacial score (nSPS) is 11.9. The molecule has 0 spiro atoms. The molecule has 0 amide bonds. The van der Waals surface area contributed by atoms with Crippen LogP contribution in [0.4, 0.5) is 0 Å². The zero-order valence-electron chi connectivity index (χ0n) is 30.5. The number of para-hydroxylation sites is 3. The third kappa shape index (κ3) is 4.57. The summed E-state index contributed by atoms with van der Waals surface area (Å²) in [5.41, 5.74) is 12.0. The predicted molar refractivity (Wildman–Crippen MR) is 239 cm³/mol. The van der Waals surface area contributed by atoms with Gasteiger partial charge in [-0.25, -0.2) is 0 Å². The molecule has 0 N–H and O–H groups in total. The molecule has 260 valence electrons. The molecule has 12 rings (SSSR count). The summed E-state index contributed by atoms with van der Waals surface area (Å²) in [5.74, 6) is 0. The fraction of sp³-hybridized carbons (Fsp3) is 0. The molecule has 56 heavy (non-hydrogen) atoms. The van der Waals surface area contributed by atoms with Crippen molar-refractivity contribution in [3.63, 3.8) is 0 Å². The molecule has 10 aromatic carbocycles. The molecule has 0 unspecified atom stereocenters. The molecule has 0 atom stereocenters. The summed E-state index contributed by atoms with van der Waals surface area (Å²) in [6, 6.07) is 75.8. The van der Waals surface area contributed by atoms with Gasteiger partial charge in [0.25, 0.3) is 0 Å². The molecular formula is C54H34N2. The van der Waals surface area contributed by atoms with Gasteiger partial charge in [0.2, 0.25) is 0 Å². The Labute approximate surface area is 323 Å². The van der Waals surface area contributed by atoms with Crippen molar-refractivity contribution >= 4 is 75.9 Å². The topological polar surface area (TPSA) is 9.86 Å². The van der Waals surface area contributed by atoms with E-state index in [1.54, 1.807) is 0 Å². The number of benzene rings is 10. The molecule has 0 fully saturated rings. The summed E-state index contributed by atoms with van der Waals surface area (Å²) in [7, 11) is 0. The molecule has 2 heterocycles. The standard InChI is InChI=1S/C54H34N2/c1-2-15-39(16-3-1)55-51-23-10-8-21-45(51)49-32-36(26-29-53(49)55)37-27-30-54-50(33-37)46-22-9-11-24-52(46)56(54)40-17-12-14-38(31-40)47-34-48-41-18-5-4-13-35(41)25-28-44(48)42-19-6-7-20-43(42)47/h1-34H. The Bertz CT molecular complexity index is 3530. The largest absolute Gasteiger partial charge is 0.309 e. The Balaban J connectivity index is 1.03. The van der Waals surface area contributed by atoms with E-state index in [1.807, 2.05) is 0 Å². The van der Waals surface area contributed by atoms with E-state index in [2.05, 4.69) is 215 Å². The molecule has 0 aliphatic heterocycles. The van der Waals surface area contributed by atoms with E-state index in [-0.39, 0.29) is 0 Å². The quantitative estimate of drug-likeness (QED) is 0.161. The van der Waals surface area contributed by atoms with Crippen molar-refractivity contribution < 1.29 is 0 Å². The van der Waals surface area contributed by atoms with Gasteiger partial charge in [-0.2, -0.15) is 0 Å². The minimum absolute atomic E-state index is 1.15. The Morgan fingerprint density at radius 2 is 0.750 bits per heavy atom. The maximum atomic E-state index is 2.44. The van der Waals surface area contributed by atoms with Crippen LogP contribution >= 0.6 is 0 Å². The fourth-order valence-corrected chi connectivity index (χ4v) is 9.35. The summed E-state index contributed by atoms with van der Waals surface area (Å²) in [6.45, 7) is 0. The molecule has 2 aromatic heterocycles. The molecular weight excluding hydrogens is 677 g/mol. The van der Waals surface area contributed by atoms with Crippen LogP contribution in [0.3, 0.4) is 0 Å². The van der Waals surface area contributed by atoms with E-state index in [9.17, 15) is 0 Å². The van der Waals surface area contributed by atoms with Gasteiger partial charge in [-0.1, -0.05) is 140 Å². The van der Waals surface area contributed by atoms with Crippen LogP contribution in [0.2, 0.25) is 0 Å². The van der Waals surface area contributed by atoms with E-state index in [4.69, 9.17) is 0 Å². The van der Waals surface area contributed by atoms with Gasteiger partial charge in [0.15, 0.2) is 0 Å². The average molecular weight is 711 g/mol. The van der Waals surface area contributed by atoms with Crippen molar-refractivity contribution in [3.05, 3.63) is 206 Å². The van der Waals surface area contributed by atoms with Crippen LogP contribution in [-0.2, 0) is 0 Å². The second-order valence-corrected chi connectivity index (χ2v) is 14.9. The molecule has 0 bridgehead atoms. The molecule has 2 nitrogen and oxygen atoms in total. The summed E-state index contributed by atoms with van der Waals surface area (Å²) in [4.78, 5) is 0. The highest BCUT2D eigenvalue weighted by molar-refractivity contribution is 6.21. The lowest BCUT2D eigenvalue weighted by Gasteiger charge is -2.15. The lowest BCUT2D eigenvalue weighted by Crippen LogP contribution is -1.95. The first kappa shape index (κ1) is 31.0. The third-order valence-electron chi connectivity index (χ3n) is 11.9. The molecule has 0 radical (unpaired) electrons. The smallest absolute Gasteiger partial charge is 0.0541 e. The molecule has 0 aliphatic carbocycles. The summed E-state index contributed by atoms with van der Waals surface area (Å²) in [6.07, 6.45) is 0. The third-order valence-corrected chi connectivity index (χ3v) is 11.9. The Kier molecular flexibility index (Phi) is 6.66. The predicted octanol–water partition coefficient (Wildman–Crippen LogP) is 14.7. The molecule has 0 aliphatic rings. The highest BCUT2D eigenvalue weighted by Gasteiger charge is 2.17. The monoisotopic (exact) mass is 710 g/mol. The van der Waals surface area contributed by atoms with Crippen molar-refractivity contribution in [3.8, 4) is 33.6 Å². The van der Waals surface area contributed by atoms with Crippen LogP contribution in [0.5, 0.6) is 0 Å². The van der Waals surface area contributed by atoms with Crippen molar-refractivity contribution in [1.82, 2.24) is 9.13 Å². The summed E-state index contributed by atoms with van der Waals surface area (Å²) in [5, 5.41) is 12.7. The lowest BCUT2D eigenvalue weighted by atomic mass is 9.91. The number of nitrogens with zero attached hydrogens (tertiary/aromatic N) is 2. The number of hydrogen-bond acceptors (Lipinski definition) is 0. The maximum absolute atomic E-state index is 2.44. The van der Waals surface area contributed by atoms with Crippen LogP contribution in [0, 0.1) is 0 Å². The fourth-order valence-electron chi connectivity index (χ4n) is 9.35. The lowest BCUT2D eigenvalue weighted by molar-refractivity contribution is 1.18. The Hall–Kier alpha value is -7.42. The first-order chi connectivity index (χ1) is 27.8. The van der Waals surface area contributed by atoms with Gasteiger partial charge < -0.3 is 9.13 Å². The van der Waals surface area contributed by atoms with E-state index >= 15 is 0 Å². The second-order valence-electron chi connectivity index (χ2n) is 14.9. The van der Waals surface area contributed by atoms with E-state index in [1.165, 1.54) is 104 Å². The Morgan fingerprint density at radius 1 is 0.232 bits per heavy atom. The molecule has 2 heteroatoms. The summed E-state index contributed by atoms with van der Waals surface area (Å²) >= 11 is 0. The maximum Gasteiger partial charge on any atom is 0.0541 e. The molecule has 0 saturated heterocycles. The minimum Gasteiger partial charge on any atom is -0.309 e. The highest BCUT2D eigenvalue weighted by atomic mass is 15.0. The van der Waals surface area contributed by atoms with Crippen LogP contribution in [-0.4, -0.2) is 9.13 Å². The van der Waals surface area contributed by atoms with Gasteiger partial charge in [0.1, 0.15) is 0 Å². The van der Waals surface area contributed by atoms with Crippen molar-refractivity contribution in [2.45, 2.75) is 0 Å². The van der Waals surface area contributed by atoms with Crippen molar-refractivity contribution in [2.75, 3.05) is 0 Å². The van der Waals surface area contributed by atoms with Gasteiger partial charge in [-0.15, -0.1) is 0 Å². The van der Waals surface area contributed by atoms with E-state index in [0.717, 1.165) is 5.69 Å². The molecule has 0 saturated carbocycles. The number of rotatable bonds is 4. The van der Waals surface area contributed by atoms with Crippen LogP contribution in [0.25, 0.3) is 110 Å².